The summed E-state index contributed by atoms with van der Waals surface area (Å²) >= 11 is 0. The van der Waals surface area contributed by atoms with E-state index in [9.17, 15) is 13.2 Å². The number of amides is 1. The molecule has 0 aromatic heterocycles. The predicted octanol–water partition coefficient (Wildman–Crippen LogP) is 1.74. The number of hydrogen-bond donors (Lipinski definition) is 0. The fraction of sp³-hybridized carbons (Fsp3) is 0.611. The highest BCUT2D eigenvalue weighted by Crippen LogP contribution is 2.22. The lowest BCUT2D eigenvalue weighted by Gasteiger charge is -2.33. The van der Waals surface area contributed by atoms with Gasteiger partial charge in [0.1, 0.15) is 0 Å². The number of rotatable bonds is 6. The van der Waals surface area contributed by atoms with Crippen molar-refractivity contribution in [1.29, 1.82) is 0 Å². The first-order chi connectivity index (χ1) is 11.7. The quantitative estimate of drug-likeness (QED) is 0.768. The number of nitrogens with zero attached hydrogens (tertiary/aromatic N) is 3. The first-order valence-electron chi connectivity index (χ1n) is 8.72. The van der Waals surface area contributed by atoms with Gasteiger partial charge in [0.25, 0.3) is 0 Å². The Morgan fingerprint density at radius 3 is 2.16 bits per heavy atom. The Bertz CT molecular complexity index is 678. The molecule has 1 aromatic rings. The van der Waals surface area contributed by atoms with Gasteiger partial charge in [-0.1, -0.05) is 26.0 Å². The second-order valence-electron chi connectivity index (χ2n) is 7.02. The summed E-state index contributed by atoms with van der Waals surface area (Å²) in [5.74, 6) is 0.403. The molecule has 25 heavy (non-hydrogen) atoms. The lowest BCUT2D eigenvalue weighted by molar-refractivity contribution is -0.132. The Hall–Kier alpha value is -1.60. The molecule has 1 aromatic carbocycles. The summed E-state index contributed by atoms with van der Waals surface area (Å²) in [6, 6.07) is 7.52. The van der Waals surface area contributed by atoms with Gasteiger partial charge in [-0.3, -0.25) is 9.10 Å². The van der Waals surface area contributed by atoms with Crippen LogP contribution in [0.25, 0.3) is 0 Å². The molecule has 0 aliphatic carbocycles. The van der Waals surface area contributed by atoms with E-state index in [2.05, 4.69) is 18.7 Å². The van der Waals surface area contributed by atoms with Gasteiger partial charge < -0.3 is 9.80 Å². The van der Waals surface area contributed by atoms with Crippen LogP contribution < -0.4 is 4.31 Å². The number of sulfonamides is 1. The van der Waals surface area contributed by atoms with Gasteiger partial charge in [-0.2, -0.15) is 0 Å². The second kappa shape index (κ2) is 8.19. The monoisotopic (exact) mass is 367 g/mol. The molecular formula is C18H29N3O3S. The number of likely N-dealkylation sites (N-methyl/N-ethyl adjacent to an activating group) is 1. The van der Waals surface area contributed by atoms with Crippen LogP contribution in [0.3, 0.4) is 0 Å². The van der Waals surface area contributed by atoms with Gasteiger partial charge in [-0.05, 0) is 30.7 Å². The maximum Gasteiger partial charge on any atom is 0.232 e. The maximum absolute atomic E-state index is 12.4. The Labute approximate surface area is 151 Å². The number of anilines is 1. The number of piperazine rings is 1. The Balaban J connectivity index is 2.05. The molecule has 2 rings (SSSR count). The van der Waals surface area contributed by atoms with Crippen molar-refractivity contribution in [1.82, 2.24) is 9.80 Å². The molecule has 0 radical (unpaired) electrons. The van der Waals surface area contributed by atoms with E-state index in [1.807, 2.05) is 36.2 Å². The molecule has 0 saturated carbocycles. The van der Waals surface area contributed by atoms with Crippen LogP contribution in [0.15, 0.2) is 24.3 Å². The minimum absolute atomic E-state index is 0.0144. The molecule has 1 fully saturated rings. The SMILES string of the molecule is CC(C)c1ccc(N(CCC(=O)N2CCN(C)CC2)S(C)(=O)=O)cc1. The second-order valence-corrected chi connectivity index (χ2v) is 8.92. The van der Waals surface area contributed by atoms with E-state index >= 15 is 0 Å². The lowest BCUT2D eigenvalue weighted by atomic mass is 10.0. The highest BCUT2D eigenvalue weighted by molar-refractivity contribution is 7.92. The molecule has 140 valence electrons. The normalized spacial score (nSPS) is 16.3. The van der Waals surface area contributed by atoms with Gasteiger partial charge >= 0.3 is 0 Å². The summed E-state index contributed by atoms with van der Waals surface area (Å²) in [4.78, 5) is 16.4. The van der Waals surface area contributed by atoms with Crippen LogP contribution in [0.5, 0.6) is 0 Å². The van der Waals surface area contributed by atoms with Gasteiger partial charge in [0.2, 0.25) is 15.9 Å². The van der Waals surface area contributed by atoms with Crippen LogP contribution in [-0.4, -0.2) is 70.2 Å². The van der Waals surface area contributed by atoms with Gasteiger partial charge in [0, 0.05) is 39.1 Å². The Morgan fingerprint density at radius 1 is 1.12 bits per heavy atom. The zero-order valence-corrected chi connectivity index (χ0v) is 16.4. The molecule has 1 amide bonds. The average Bonchev–Trinajstić information content (AvgIpc) is 2.54. The van der Waals surface area contributed by atoms with E-state index in [1.54, 1.807) is 0 Å². The number of carbonyl (C=O) groups excluding carboxylic acids is 1. The van der Waals surface area contributed by atoms with Crippen LogP contribution >= 0.6 is 0 Å². The van der Waals surface area contributed by atoms with Gasteiger partial charge in [-0.15, -0.1) is 0 Å². The smallest absolute Gasteiger partial charge is 0.232 e. The maximum atomic E-state index is 12.4. The molecule has 1 heterocycles. The Morgan fingerprint density at radius 2 is 1.68 bits per heavy atom. The molecule has 1 aliphatic heterocycles. The summed E-state index contributed by atoms with van der Waals surface area (Å²) in [6.45, 7) is 7.49. The zero-order valence-electron chi connectivity index (χ0n) is 15.6. The van der Waals surface area contributed by atoms with Crippen LogP contribution in [0, 0.1) is 0 Å². The minimum Gasteiger partial charge on any atom is -0.340 e. The molecule has 0 unspecified atom stereocenters. The molecule has 0 atom stereocenters. The average molecular weight is 368 g/mol. The fourth-order valence-electron chi connectivity index (χ4n) is 2.92. The van der Waals surface area contributed by atoms with E-state index < -0.39 is 10.0 Å². The molecule has 0 spiro atoms. The molecule has 1 aliphatic rings. The number of benzene rings is 1. The summed E-state index contributed by atoms with van der Waals surface area (Å²) in [7, 11) is -1.40. The van der Waals surface area contributed by atoms with Crippen molar-refractivity contribution in [3.63, 3.8) is 0 Å². The van der Waals surface area contributed by atoms with Crippen LogP contribution in [0.1, 0.15) is 31.7 Å². The van der Waals surface area contributed by atoms with E-state index in [-0.39, 0.29) is 18.9 Å². The van der Waals surface area contributed by atoms with Crippen molar-refractivity contribution in [2.45, 2.75) is 26.2 Å². The van der Waals surface area contributed by atoms with Gasteiger partial charge in [0.15, 0.2) is 0 Å². The van der Waals surface area contributed by atoms with E-state index in [0.717, 1.165) is 18.7 Å². The van der Waals surface area contributed by atoms with Gasteiger partial charge in [-0.25, -0.2) is 8.42 Å². The summed E-state index contributed by atoms with van der Waals surface area (Å²) < 4.78 is 25.7. The number of hydrogen-bond acceptors (Lipinski definition) is 4. The van der Waals surface area contributed by atoms with Crippen molar-refractivity contribution in [2.75, 3.05) is 50.3 Å². The highest BCUT2D eigenvalue weighted by Gasteiger charge is 2.22. The van der Waals surface area contributed by atoms with Crippen molar-refractivity contribution in [2.24, 2.45) is 0 Å². The van der Waals surface area contributed by atoms with Crippen molar-refractivity contribution in [3.8, 4) is 0 Å². The molecule has 6 nitrogen and oxygen atoms in total. The lowest BCUT2D eigenvalue weighted by Crippen LogP contribution is -2.48. The third-order valence-electron chi connectivity index (χ3n) is 4.63. The first-order valence-corrected chi connectivity index (χ1v) is 10.6. The zero-order chi connectivity index (χ0) is 18.6. The third-order valence-corrected chi connectivity index (χ3v) is 5.83. The van der Waals surface area contributed by atoms with E-state index in [0.29, 0.717) is 24.7 Å². The predicted molar refractivity (Wildman–Crippen MR) is 101 cm³/mol. The number of carbonyl (C=O) groups is 1. The van der Waals surface area contributed by atoms with Crippen molar-refractivity contribution in [3.05, 3.63) is 29.8 Å². The van der Waals surface area contributed by atoms with Crippen molar-refractivity contribution >= 4 is 21.6 Å². The highest BCUT2D eigenvalue weighted by atomic mass is 32.2. The fourth-order valence-corrected chi connectivity index (χ4v) is 3.85. The van der Waals surface area contributed by atoms with Crippen molar-refractivity contribution < 1.29 is 13.2 Å². The van der Waals surface area contributed by atoms with Crippen LogP contribution in [0.2, 0.25) is 0 Å². The molecule has 1 saturated heterocycles. The van der Waals surface area contributed by atoms with Crippen LogP contribution in [-0.2, 0) is 14.8 Å². The largest absolute Gasteiger partial charge is 0.340 e. The minimum atomic E-state index is -3.43. The molecular weight excluding hydrogens is 338 g/mol. The topological polar surface area (TPSA) is 60.9 Å². The molecule has 7 heteroatoms. The standard InChI is InChI=1S/C18H29N3O3S/c1-15(2)16-5-7-17(8-6-16)21(25(4,23)24)10-9-18(22)20-13-11-19(3)12-14-20/h5-8,15H,9-14H2,1-4H3. The summed E-state index contributed by atoms with van der Waals surface area (Å²) in [5.41, 5.74) is 1.77. The third kappa shape index (κ3) is 5.44. The summed E-state index contributed by atoms with van der Waals surface area (Å²) in [5, 5.41) is 0. The van der Waals surface area contributed by atoms with Crippen LogP contribution in [0.4, 0.5) is 5.69 Å². The first kappa shape index (κ1) is 19.7. The Kier molecular flexibility index (Phi) is 6.46. The summed E-state index contributed by atoms with van der Waals surface area (Å²) in [6.07, 6.45) is 1.38. The van der Waals surface area contributed by atoms with Gasteiger partial charge in [0.05, 0.1) is 11.9 Å². The van der Waals surface area contributed by atoms with E-state index in [4.69, 9.17) is 0 Å². The van der Waals surface area contributed by atoms with E-state index in [1.165, 1.54) is 10.6 Å². The molecule has 0 bridgehead atoms. The molecule has 0 N–H and O–H groups in total.